The predicted octanol–water partition coefficient (Wildman–Crippen LogP) is 3.48. The summed E-state index contributed by atoms with van der Waals surface area (Å²) in [6.45, 7) is 4.37. The van der Waals surface area contributed by atoms with Gasteiger partial charge in [-0.05, 0) is 55.7 Å². The molecule has 30 heavy (non-hydrogen) atoms. The van der Waals surface area contributed by atoms with Gasteiger partial charge in [-0.25, -0.2) is 4.79 Å². The van der Waals surface area contributed by atoms with Crippen LogP contribution in [-0.4, -0.2) is 49.2 Å². The maximum Gasteiger partial charge on any atom is 0.330 e. The van der Waals surface area contributed by atoms with Crippen LogP contribution in [0.4, 0.5) is 5.69 Å². The van der Waals surface area contributed by atoms with Gasteiger partial charge in [-0.3, -0.25) is 9.69 Å². The minimum Gasteiger partial charge on any atom is -0.468 e. The first-order chi connectivity index (χ1) is 14.6. The average molecular weight is 412 g/mol. The van der Waals surface area contributed by atoms with Crippen molar-refractivity contribution >= 4 is 23.6 Å². The molecule has 1 amide bonds. The van der Waals surface area contributed by atoms with Crippen LogP contribution < -0.4 is 5.32 Å². The molecule has 2 aromatic rings. The Morgan fingerprint density at radius 1 is 1.27 bits per heavy atom. The van der Waals surface area contributed by atoms with Crippen LogP contribution in [0.1, 0.15) is 31.1 Å². The molecule has 1 fully saturated rings. The van der Waals surface area contributed by atoms with Crippen molar-refractivity contribution in [2.45, 2.75) is 32.4 Å². The van der Waals surface area contributed by atoms with Crippen LogP contribution in [0.2, 0.25) is 0 Å². The Kier molecular flexibility index (Phi) is 8.23. The zero-order valence-corrected chi connectivity index (χ0v) is 17.2. The number of rotatable bonds is 10. The first-order valence-corrected chi connectivity index (χ1v) is 10.2. The topological polar surface area (TPSA) is 81.0 Å². The maximum atomic E-state index is 12.6. The Morgan fingerprint density at radius 3 is 2.77 bits per heavy atom. The van der Waals surface area contributed by atoms with E-state index in [-0.39, 0.29) is 24.5 Å². The Balaban J connectivity index is 1.54. The molecule has 0 bridgehead atoms. The van der Waals surface area contributed by atoms with E-state index in [1.54, 1.807) is 31.4 Å². The minimum absolute atomic E-state index is 0.102. The standard InChI is InChI=1S/C23H28N2O5/c1-2-28-23(27)12-9-18-7-10-19(11-8-18)24-22(26)17-25(15-20-5-3-13-29-20)16-21-6-4-14-30-21/h3,5,7-13,21H,2,4,6,14-17H2,1H3,(H,24,26)/b12-9+. The van der Waals surface area contributed by atoms with Crippen LogP contribution in [0.15, 0.2) is 53.2 Å². The van der Waals surface area contributed by atoms with E-state index in [2.05, 4.69) is 5.32 Å². The second-order valence-corrected chi connectivity index (χ2v) is 7.14. The smallest absolute Gasteiger partial charge is 0.330 e. The molecule has 7 nitrogen and oxygen atoms in total. The molecule has 7 heteroatoms. The van der Waals surface area contributed by atoms with Gasteiger partial charge in [0.25, 0.3) is 0 Å². The van der Waals surface area contributed by atoms with Crippen molar-refractivity contribution in [3.8, 4) is 0 Å². The normalized spacial score (nSPS) is 16.3. The van der Waals surface area contributed by atoms with Crippen molar-refractivity contribution in [3.63, 3.8) is 0 Å². The Morgan fingerprint density at radius 2 is 2.10 bits per heavy atom. The molecule has 0 saturated carbocycles. The summed E-state index contributed by atoms with van der Waals surface area (Å²) in [6.07, 6.45) is 6.92. The highest BCUT2D eigenvalue weighted by atomic mass is 16.5. The fourth-order valence-corrected chi connectivity index (χ4v) is 3.32. The van der Waals surface area contributed by atoms with Crippen molar-refractivity contribution in [1.29, 1.82) is 0 Å². The molecule has 0 spiro atoms. The van der Waals surface area contributed by atoms with Gasteiger partial charge in [-0.2, -0.15) is 0 Å². The van der Waals surface area contributed by atoms with Crippen molar-refractivity contribution < 1.29 is 23.5 Å². The highest BCUT2D eigenvalue weighted by Gasteiger charge is 2.21. The van der Waals surface area contributed by atoms with Gasteiger partial charge in [0.15, 0.2) is 0 Å². The van der Waals surface area contributed by atoms with Gasteiger partial charge < -0.3 is 19.2 Å². The number of carbonyl (C=O) groups excluding carboxylic acids is 2. The fourth-order valence-electron chi connectivity index (χ4n) is 3.32. The quantitative estimate of drug-likeness (QED) is 0.475. The van der Waals surface area contributed by atoms with E-state index in [9.17, 15) is 9.59 Å². The van der Waals surface area contributed by atoms with Crippen LogP contribution in [0.25, 0.3) is 6.08 Å². The summed E-state index contributed by atoms with van der Waals surface area (Å²) in [5.74, 6) is 0.339. The number of carbonyl (C=O) groups is 2. The molecular weight excluding hydrogens is 384 g/mol. The van der Waals surface area contributed by atoms with E-state index in [1.165, 1.54) is 6.08 Å². The molecule has 1 N–H and O–H groups in total. The first kappa shape index (κ1) is 21.8. The molecule has 2 heterocycles. The summed E-state index contributed by atoms with van der Waals surface area (Å²) in [4.78, 5) is 26.0. The summed E-state index contributed by atoms with van der Waals surface area (Å²) < 4.78 is 16.0. The van der Waals surface area contributed by atoms with Crippen LogP contribution in [0, 0.1) is 0 Å². The predicted molar refractivity (Wildman–Crippen MR) is 114 cm³/mol. The molecule has 1 aromatic heterocycles. The van der Waals surface area contributed by atoms with Crippen molar-refractivity contribution in [2.24, 2.45) is 0 Å². The van der Waals surface area contributed by atoms with E-state index in [1.807, 2.05) is 29.2 Å². The second-order valence-electron chi connectivity index (χ2n) is 7.14. The van der Waals surface area contributed by atoms with E-state index in [0.29, 0.717) is 25.4 Å². The lowest BCUT2D eigenvalue weighted by Crippen LogP contribution is -2.37. The number of anilines is 1. The largest absolute Gasteiger partial charge is 0.468 e. The molecule has 0 radical (unpaired) electrons. The number of hydrogen-bond donors (Lipinski definition) is 1. The van der Waals surface area contributed by atoms with E-state index < -0.39 is 0 Å². The number of hydrogen-bond acceptors (Lipinski definition) is 6. The molecule has 1 aliphatic heterocycles. The van der Waals surface area contributed by atoms with Crippen LogP contribution in [0.3, 0.4) is 0 Å². The Hall–Kier alpha value is -2.90. The molecule has 1 saturated heterocycles. The third kappa shape index (κ3) is 7.17. The number of benzene rings is 1. The van der Waals surface area contributed by atoms with Gasteiger partial charge in [0.05, 0.1) is 32.1 Å². The zero-order chi connectivity index (χ0) is 21.2. The van der Waals surface area contributed by atoms with Gasteiger partial charge in [0.2, 0.25) is 5.91 Å². The highest BCUT2D eigenvalue weighted by Crippen LogP contribution is 2.16. The van der Waals surface area contributed by atoms with E-state index in [0.717, 1.165) is 30.8 Å². The van der Waals surface area contributed by atoms with Gasteiger partial charge in [-0.15, -0.1) is 0 Å². The molecule has 1 atom stereocenters. The lowest BCUT2D eigenvalue weighted by atomic mass is 10.2. The summed E-state index contributed by atoms with van der Waals surface area (Å²) in [5.41, 5.74) is 1.54. The van der Waals surface area contributed by atoms with Crippen molar-refractivity contribution in [2.75, 3.05) is 31.6 Å². The SMILES string of the molecule is CCOC(=O)/C=C/c1ccc(NC(=O)CN(Cc2ccco2)CC2CCCO2)cc1. The van der Waals surface area contributed by atoms with Crippen LogP contribution >= 0.6 is 0 Å². The number of nitrogens with one attached hydrogen (secondary N) is 1. The zero-order valence-electron chi connectivity index (χ0n) is 17.2. The number of esters is 1. The van der Waals surface area contributed by atoms with Gasteiger partial charge in [0.1, 0.15) is 5.76 Å². The van der Waals surface area contributed by atoms with Gasteiger partial charge in [-0.1, -0.05) is 12.1 Å². The van der Waals surface area contributed by atoms with Crippen LogP contribution in [-0.2, 0) is 25.6 Å². The van der Waals surface area contributed by atoms with Gasteiger partial charge in [0, 0.05) is 24.9 Å². The maximum absolute atomic E-state index is 12.6. The molecule has 0 aliphatic carbocycles. The van der Waals surface area contributed by atoms with E-state index >= 15 is 0 Å². The summed E-state index contributed by atoms with van der Waals surface area (Å²) in [7, 11) is 0. The number of furan rings is 1. The average Bonchev–Trinajstić information content (AvgIpc) is 3.42. The minimum atomic E-state index is -0.377. The van der Waals surface area contributed by atoms with Crippen molar-refractivity contribution in [1.82, 2.24) is 4.90 Å². The summed E-state index contributed by atoms with van der Waals surface area (Å²) in [6, 6.07) is 11.0. The molecule has 1 unspecified atom stereocenters. The molecule has 1 aromatic carbocycles. The lowest BCUT2D eigenvalue weighted by Gasteiger charge is -2.23. The molecule has 1 aliphatic rings. The lowest BCUT2D eigenvalue weighted by molar-refractivity contribution is -0.137. The third-order valence-corrected chi connectivity index (χ3v) is 4.71. The summed E-state index contributed by atoms with van der Waals surface area (Å²) in [5, 5.41) is 2.92. The van der Waals surface area contributed by atoms with Crippen molar-refractivity contribution in [3.05, 3.63) is 60.1 Å². The molecule has 3 rings (SSSR count). The molecule has 160 valence electrons. The first-order valence-electron chi connectivity index (χ1n) is 10.2. The summed E-state index contributed by atoms with van der Waals surface area (Å²) >= 11 is 0. The number of amides is 1. The Labute approximate surface area is 176 Å². The monoisotopic (exact) mass is 412 g/mol. The Bertz CT molecular complexity index is 824. The number of nitrogens with zero attached hydrogens (tertiary/aromatic N) is 1. The third-order valence-electron chi connectivity index (χ3n) is 4.71. The fraction of sp³-hybridized carbons (Fsp3) is 0.391. The van der Waals surface area contributed by atoms with E-state index in [4.69, 9.17) is 13.9 Å². The second kappa shape index (κ2) is 11.3. The molecular formula is C23H28N2O5. The van der Waals surface area contributed by atoms with Crippen LogP contribution in [0.5, 0.6) is 0 Å². The highest BCUT2D eigenvalue weighted by molar-refractivity contribution is 5.92. The van der Waals surface area contributed by atoms with Gasteiger partial charge >= 0.3 is 5.97 Å². The number of ether oxygens (including phenoxy) is 2.